The summed E-state index contributed by atoms with van der Waals surface area (Å²) in [5, 5.41) is 5.01. The molecule has 4 rings (SSSR count). The summed E-state index contributed by atoms with van der Waals surface area (Å²) >= 11 is 1.58. The maximum absolute atomic E-state index is 12.8. The zero-order valence-electron chi connectivity index (χ0n) is 17.6. The van der Waals surface area contributed by atoms with Crippen LogP contribution < -0.4 is 16.3 Å². The second kappa shape index (κ2) is 9.01. The molecule has 2 N–H and O–H groups in total. The van der Waals surface area contributed by atoms with Crippen molar-refractivity contribution in [3.8, 4) is 11.1 Å². The number of aromatic nitrogens is 4. The average Bonchev–Trinajstić information content (AvgIpc) is 3.34. The molecule has 10 heteroatoms. The van der Waals surface area contributed by atoms with Crippen molar-refractivity contribution in [1.29, 1.82) is 0 Å². The fraction of sp³-hybridized carbons (Fsp3) is 0.227. The predicted molar refractivity (Wildman–Crippen MR) is 123 cm³/mol. The summed E-state index contributed by atoms with van der Waals surface area (Å²) < 4.78 is 29.2. The van der Waals surface area contributed by atoms with Crippen LogP contribution in [0.1, 0.15) is 4.88 Å². The molecule has 0 aliphatic heterocycles. The van der Waals surface area contributed by atoms with Crippen molar-refractivity contribution < 1.29 is 8.78 Å². The molecule has 0 radical (unpaired) electrons. The van der Waals surface area contributed by atoms with Gasteiger partial charge in [0.05, 0.1) is 13.1 Å². The van der Waals surface area contributed by atoms with Gasteiger partial charge in [0.15, 0.2) is 0 Å². The number of hydrogen-bond acceptors (Lipinski definition) is 6. The van der Waals surface area contributed by atoms with E-state index in [0.717, 1.165) is 36.6 Å². The maximum Gasteiger partial charge on any atom is 0.346 e. The standard InChI is InChI=1S/C22H22F2N6OS/c1-28(2)20-6-4-15(10-26-20)14-3-5-19-16(7-14)8-18(32-19)12-29-13-27-30(22(29)31)11-17(9-25)21(23)24/h3-8,10,13H,9,11-12,25H2,1-2H3. The van der Waals surface area contributed by atoms with Gasteiger partial charge < -0.3 is 10.6 Å². The zero-order chi connectivity index (χ0) is 22.8. The Morgan fingerprint density at radius 2 is 1.94 bits per heavy atom. The monoisotopic (exact) mass is 456 g/mol. The number of halogens is 2. The van der Waals surface area contributed by atoms with Gasteiger partial charge in [-0.3, -0.25) is 4.57 Å². The largest absolute Gasteiger partial charge is 0.363 e. The van der Waals surface area contributed by atoms with Crippen LogP contribution in [0, 0.1) is 0 Å². The van der Waals surface area contributed by atoms with Gasteiger partial charge in [-0.15, -0.1) is 11.3 Å². The molecule has 0 amide bonds. The van der Waals surface area contributed by atoms with E-state index in [1.165, 1.54) is 10.9 Å². The van der Waals surface area contributed by atoms with Crippen molar-refractivity contribution in [2.45, 2.75) is 13.1 Å². The Balaban J connectivity index is 1.56. The molecule has 166 valence electrons. The quantitative estimate of drug-likeness (QED) is 0.460. The van der Waals surface area contributed by atoms with Crippen LogP contribution in [0.2, 0.25) is 0 Å². The van der Waals surface area contributed by atoms with Gasteiger partial charge in [-0.05, 0) is 41.3 Å². The highest BCUT2D eigenvalue weighted by atomic mass is 32.1. The first-order valence-electron chi connectivity index (χ1n) is 9.87. The Morgan fingerprint density at radius 1 is 1.16 bits per heavy atom. The van der Waals surface area contributed by atoms with E-state index < -0.39 is 11.8 Å². The summed E-state index contributed by atoms with van der Waals surface area (Å²) in [5.74, 6) is 0.891. The van der Waals surface area contributed by atoms with E-state index in [1.807, 2.05) is 55.5 Å². The first-order chi connectivity index (χ1) is 15.4. The van der Waals surface area contributed by atoms with Crippen LogP contribution >= 0.6 is 11.3 Å². The van der Waals surface area contributed by atoms with Crippen molar-refractivity contribution in [2.24, 2.45) is 5.73 Å². The molecule has 0 atom stereocenters. The Bertz CT molecular complexity index is 1330. The van der Waals surface area contributed by atoms with E-state index in [1.54, 1.807) is 11.3 Å². The molecule has 0 unspecified atom stereocenters. The molecular formula is C22H22F2N6OS. The predicted octanol–water partition coefficient (Wildman–Crippen LogP) is 3.55. The minimum absolute atomic E-state index is 0.306. The van der Waals surface area contributed by atoms with E-state index >= 15 is 0 Å². The van der Waals surface area contributed by atoms with Gasteiger partial charge in [-0.1, -0.05) is 6.07 Å². The fourth-order valence-corrected chi connectivity index (χ4v) is 4.36. The molecule has 4 aromatic rings. The zero-order valence-corrected chi connectivity index (χ0v) is 18.4. The Hall–Kier alpha value is -3.37. The summed E-state index contributed by atoms with van der Waals surface area (Å²) in [6, 6.07) is 12.2. The molecular weight excluding hydrogens is 434 g/mol. The first-order valence-corrected chi connectivity index (χ1v) is 10.7. The molecule has 32 heavy (non-hydrogen) atoms. The number of rotatable bonds is 7. The highest BCUT2D eigenvalue weighted by Crippen LogP contribution is 2.30. The number of nitrogens with zero attached hydrogens (tertiary/aromatic N) is 5. The summed E-state index contributed by atoms with van der Waals surface area (Å²) in [6.07, 6.45) is 1.34. The first kappa shape index (κ1) is 21.8. The summed E-state index contributed by atoms with van der Waals surface area (Å²) in [6.45, 7) is -0.332. The van der Waals surface area contributed by atoms with E-state index in [-0.39, 0.29) is 18.7 Å². The van der Waals surface area contributed by atoms with Gasteiger partial charge in [-0.2, -0.15) is 13.9 Å². The SMILES string of the molecule is CN(C)c1ccc(-c2ccc3sc(Cn4cnn(CC(CN)=C(F)F)c4=O)cc3c2)cn1. The van der Waals surface area contributed by atoms with E-state index in [0.29, 0.717) is 6.54 Å². The molecule has 0 spiro atoms. The molecule has 0 saturated carbocycles. The summed E-state index contributed by atoms with van der Waals surface area (Å²) in [7, 11) is 3.90. The highest BCUT2D eigenvalue weighted by Gasteiger charge is 2.12. The average molecular weight is 457 g/mol. The van der Waals surface area contributed by atoms with Crippen molar-refractivity contribution in [3.63, 3.8) is 0 Å². The number of hydrogen-bond donors (Lipinski definition) is 1. The van der Waals surface area contributed by atoms with Gasteiger partial charge in [-0.25, -0.2) is 14.5 Å². The van der Waals surface area contributed by atoms with Gasteiger partial charge in [0.2, 0.25) is 0 Å². The minimum Gasteiger partial charge on any atom is -0.363 e. The number of nitrogens with two attached hydrogens (primary N) is 1. The van der Waals surface area contributed by atoms with Crippen LogP contribution in [-0.2, 0) is 13.1 Å². The number of fused-ring (bicyclic) bond motifs is 1. The third-order valence-corrected chi connectivity index (χ3v) is 6.18. The maximum atomic E-state index is 12.8. The normalized spacial score (nSPS) is 11.2. The van der Waals surface area contributed by atoms with E-state index in [4.69, 9.17) is 5.73 Å². The summed E-state index contributed by atoms with van der Waals surface area (Å²) in [5.41, 5.74) is 6.64. The van der Waals surface area contributed by atoms with Crippen molar-refractivity contribution in [1.82, 2.24) is 19.3 Å². The molecule has 3 aromatic heterocycles. The third kappa shape index (κ3) is 4.46. The Kier molecular flexibility index (Phi) is 6.15. The van der Waals surface area contributed by atoms with Gasteiger partial charge >= 0.3 is 5.69 Å². The summed E-state index contributed by atoms with van der Waals surface area (Å²) in [4.78, 5) is 19.9. The van der Waals surface area contributed by atoms with Crippen LogP contribution in [0.25, 0.3) is 21.2 Å². The van der Waals surface area contributed by atoms with Crippen molar-refractivity contribution in [3.05, 3.63) is 75.9 Å². The highest BCUT2D eigenvalue weighted by molar-refractivity contribution is 7.19. The molecule has 0 fully saturated rings. The lowest BCUT2D eigenvalue weighted by Crippen LogP contribution is -2.27. The fourth-order valence-electron chi connectivity index (χ4n) is 3.32. The lowest BCUT2D eigenvalue weighted by molar-refractivity contribution is 0.400. The van der Waals surface area contributed by atoms with Gasteiger partial charge in [0, 0.05) is 47.6 Å². The van der Waals surface area contributed by atoms with E-state index in [2.05, 4.69) is 16.1 Å². The Labute approximate surface area is 187 Å². The Morgan fingerprint density at radius 3 is 2.59 bits per heavy atom. The van der Waals surface area contributed by atoms with Crippen molar-refractivity contribution in [2.75, 3.05) is 25.5 Å². The van der Waals surface area contributed by atoms with Crippen LogP contribution in [0.5, 0.6) is 0 Å². The number of anilines is 1. The van der Waals surface area contributed by atoms with Crippen LogP contribution in [0.3, 0.4) is 0 Å². The third-order valence-electron chi connectivity index (χ3n) is 5.08. The lowest BCUT2D eigenvalue weighted by Gasteiger charge is -2.11. The minimum atomic E-state index is -1.87. The smallest absolute Gasteiger partial charge is 0.346 e. The number of pyridine rings is 1. The molecule has 7 nitrogen and oxygen atoms in total. The van der Waals surface area contributed by atoms with Gasteiger partial charge in [0.1, 0.15) is 12.1 Å². The lowest BCUT2D eigenvalue weighted by atomic mass is 10.1. The topological polar surface area (TPSA) is 82.0 Å². The molecule has 0 aliphatic rings. The molecule has 3 heterocycles. The molecule has 0 saturated heterocycles. The number of benzene rings is 1. The molecule has 0 aliphatic carbocycles. The van der Waals surface area contributed by atoms with E-state index in [9.17, 15) is 13.6 Å². The second-order valence-corrected chi connectivity index (χ2v) is 8.70. The number of thiophene rings is 1. The molecule has 0 bridgehead atoms. The van der Waals surface area contributed by atoms with Crippen LogP contribution in [-0.4, -0.2) is 40.0 Å². The van der Waals surface area contributed by atoms with Crippen LogP contribution in [0.15, 0.2) is 65.4 Å². The second-order valence-electron chi connectivity index (χ2n) is 7.53. The van der Waals surface area contributed by atoms with Crippen molar-refractivity contribution >= 4 is 27.2 Å². The van der Waals surface area contributed by atoms with Gasteiger partial charge in [0.25, 0.3) is 6.08 Å². The molecule has 1 aromatic carbocycles. The van der Waals surface area contributed by atoms with Crippen LogP contribution in [0.4, 0.5) is 14.6 Å².